The molecule has 2 rings (SSSR count). The van der Waals surface area contributed by atoms with Crippen LogP contribution >= 0.6 is 15.9 Å². The molecule has 0 aliphatic carbocycles. The number of rotatable bonds is 4. The summed E-state index contributed by atoms with van der Waals surface area (Å²) in [5.41, 5.74) is 7.30. The first-order valence-electron chi connectivity index (χ1n) is 6.16. The van der Waals surface area contributed by atoms with E-state index in [9.17, 15) is 4.39 Å². The quantitative estimate of drug-likeness (QED) is 0.936. The van der Waals surface area contributed by atoms with Gasteiger partial charge in [-0.1, -0.05) is 31.5 Å². The standard InChI is InChI=1S/C14H15BrFN3/c1-2-5-11-13(15)14(17)19-12(18-11)8-9-6-3-4-7-10(9)16/h3-4,6-7H,2,5,8H2,1H3,(H2,17,18,19). The molecule has 100 valence electrons. The second-order valence-electron chi connectivity index (χ2n) is 4.30. The minimum Gasteiger partial charge on any atom is -0.383 e. The van der Waals surface area contributed by atoms with E-state index in [1.807, 2.05) is 0 Å². The van der Waals surface area contributed by atoms with Crippen LogP contribution in [0.15, 0.2) is 28.7 Å². The van der Waals surface area contributed by atoms with Gasteiger partial charge in [-0.25, -0.2) is 14.4 Å². The second kappa shape index (κ2) is 6.10. The Morgan fingerprint density at radius 3 is 2.68 bits per heavy atom. The van der Waals surface area contributed by atoms with E-state index in [1.54, 1.807) is 18.2 Å². The molecule has 1 aromatic carbocycles. The molecule has 1 aromatic heterocycles. The highest BCUT2D eigenvalue weighted by Gasteiger charge is 2.11. The first kappa shape index (κ1) is 13.9. The number of nitrogen functional groups attached to an aromatic ring is 1. The lowest BCUT2D eigenvalue weighted by Crippen LogP contribution is -2.06. The Morgan fingerprint density at radius 2 is 2.00 bits per heavy atom. The van der Waals surface area contributed by atoms with Crippen molar-refractivity contribution in [1.29, 1.82) is 0 Å². The maximum atomic E-state index is 13.6. The topological polar surface area (TPSA) is 51.8 Å². The molecule has 3 nitrogen and oxygen atoms in total. The Morgan fingerprint density at radius 1 is 1.26 bits per heavy atom. The van der Waals surface area contributed by atoms with E-state index >= 15 is 0 Å². The van der Waals surface area contributed by atoms with Crippen LogP contribution in [0.3, 0.4) is 0 Å². The van der Waals surface area contributed by atoms with E-state index in [0.717, 1.165) is 23.0 Å². The average Bonchev–Trinajstić information content (AvgIpc) is 2.38. The predicted molar refractivity (Wildman–Crippen MR) is 77.3 cm³/mol. The lowest BCUT2D eigenvalue weighted by molar-refractivity contribution is 0.612. The van der Waals surface area contributed by atoms with Crippen molar-refractivity contribution in [2.45, 2.75) is 26.2 Å². The molecular formula is C14H15BrFN3. The van der Waals surface area contributed by atoms with Gasteiger partial charge in [-0.2, -0.15) is 0 Å². The molecule has 1 heterocycles. The van der Waals surface area contributed by atoms with Crippen molar-refractivity contribution in [1.82, 2.24) is 9.97 Å². The summed E-state index contributed by atoms with van der Waals surface area (Å²) in [7, 11) is 0. The molecule has 0 fully saturated rings. The Kier molecular flexibility index (Phi) is 4.47. The molecule has 0 bridgehead atoms. The number of hydrogen-bond acceptors (Lipinski definition) is 3. The van der Waals surface area contributed by atoms with Gasteiger partial charge in [0.1, 0.15) is 17.5 Å². The van der Waals surface area contributed by atoms with E-state index in [-0.39, 0.29) is 5.82 Å². The van der Waals surface area contributed by atoms with Gasteiger partial charge in [0, 0.05) is 6.42 Å². The Labute approximate surface area is 120 Å². The first-order valence-corrected chi connectivity index (χ1v) is 6.95. The highest BCUT2D eigenvalue weighted by molar-refractivity contribution is 9.10. The minimum absolute atomic E-state index is 0.246. The molecule has 2 N–H and O–H groups in total. The molecule has 0 unspecified atom stereocenters. The molecule has 0 atom stereocenters. The SMILES string of the molecule is CCCc1nc(Cc2ccccc2F)nc(N)c1Br. The Balaban J connectivity index is 2.33. The van der Waals surface area contributed by atoms with Gasteiger partial charge in [0.15, 0.2) is 0 Å². The van der Waals surface area contributed by atoms with Crippen LogP contribution in [-0.4, -0.2) is 9.97 Å². The molecule has 19 heavy (non-hydrogen) atoms. The number of nitrogens with zero attached hydrogens (tertiary/aromatic N) is 2. The van der Waals surface area contributed by atoms with Gasteiger partial charge in [0.05, 0.1) is 10.2 Å². The van der Waals surface area contributed by atoms with Gasteiger partial charge in [0.2, 0.25) is 0 Å². The van der Waals surface area contributed by atoms with Crippen LogP contribution in [0.4, 0.5) is 10.2 Å². The number of hydrogen-bond donors (Lipinski definition) is 1. The molecule has 0 saturated heterocycles. The summed E-state index contributed by atoms with van der Waals surface area (Å²) >= 11 is 3.39. The van der Waals surface area contributed by atoms with Gasteiger partial charge >= 0.3 is 0 Å². The van der Waals surface area contributed by atoms with Crippen molar-refractivity contribution >= 4 is 21.7 Å². The highest BCUT2D eigenvalue weighted by atomic mass is 79.9. The number of aryl methyl sites for hydroxylation is 1. The van der Waals surface area contributed by atoms with E-state index < -0.39 is 0 Å². The summed E-state index contributed by atoms with van der Waals surface area (Å²) in [4.78, 5) is 8.66. The molecule has 2 aromatic rings. The van der Waals surface area contributed by atoms with Crippen molar-refractivity contribution in [3.63, 3.8) is 0 Å². The fourth-order valence-electron chi connectivity index (χ4n) is 1.86. The van der Waals surface area contributed by atoms with Crippen LogP contribution < -0.4 is 5.73 Å². The van der Waals surface area contributed by atoms with Crippen LogP contribution in [0.25, 0.3) is 0 Å². The summed E-state index contributed by atoms with van der Waals surface area (Å²) in [6, 6.07) is 6.63. The maximum absolute atomic E-state index is 13.6. The van der Waals surface area contributed by atoms with Crippen molar-refractivity contribution in [2.75, 3.05) is 5.73 Å². The second-order valence-corrected chi connectivity index (χ2v) is 5.10. The van der Waals surface area contributed by atoms with E-state index in [4.69, 9.17) is 5.73 Å². The summed E-state index contributed by atoms with van der Waals surface area (Å²) in [6.45, 7) is 2.07. The van der Waals surface area contributed by atoms with Crippen molar-refractivity contribution in [3.8, 4) is 0 Å². The van der Waals surface area contributed by atoms with E-state index in [0.29, 0.717) is 23.6 Å². The summed E-state index contributed by atoms with van der Waals surface area (Å²) in [5, 5.41) is 0. The predicted octanol–water partition coefficient (Wildman–Crippen LogP) is 3.50. The lowest BCUT2D eigenvalue weighted by atomic mass is 10.1. The number of nitrogens with two attached hydrogens (primary N) is 1. The number of halogens is 2. The molecular weight excluding hydrogens is 309 g/mol. The van der Waals surface area contributed by atoms with Crippen LogP contribution in [0.5, 0.6) is 0 Å². The molecule has 0 radical (unpaired) electrons. The minimum atomic E-state index is -0.246. The van der Waals surface area contributed by atoms with Crippen molar-refractivity contribution < 1.29 is 4.39 Å². The number of benzene rings is 1. The van der Waals surface area contributed by atoms with Gasteiger partial charge in [-0.3, -0.25) is 0 Å². The normalized spacial score (nSPS) is 10.7. The molecule has 0 saturated carbocycles. The van der Waals surface area contributed by atoms with Gasteiger partial charge in [-0.15, -0.1) is 0 Å². The molecule has 0 aliphatic heterocycles. The van der Waals surface area contributed by atoms with Crippen LogP contribution in [-0.2, 0) is 12.8 Å². The van der Waals surface area contributed by atoms with E-state index in [2.05, 4.69) is 32.8 Å². The molecule has 0 amide bonds. The van der Waals surface area contributed by atoms with Crippen molar-refractivity contribution in [3.05, 3.63) is 51.6 Å². The molecule has 5 heteroatoms. The van der Waals surface area contributed by atoms with Crippen LogP contribution in [0, 0.1) is 5.82 Å². The largest absolute Gasteiger partial charge is 0.383 e. The fourth-order valence-corrected chi connectivity index (χ4v) is 2.23. The van der Waals surface area contributed by atoms with E-state index in [1.165, 1.54) is 6.07 Å². The highest BCUT2D eigenvalue weighted by Crippen LogP contribution is 2.23. The molecule has 0 aliphatic rings. The Hall–Kier alpha value is -1.49. The zero-order valence-corrected chi connectivity index (χ0v) is 12.2. The zero-order valence-electron chi connectivity index (χ0n) is 10.7. The number of anilines is 1. The Bertz CT molecular complexity index is 587. The van der Waals surface area contributed by atoms with Gasteiger partial charge < -0.3 is 5.73 Å². The lowest BCUT2D eigenvalue weighted by Gasteiger charge is -2.08. The summed E-state index contributed by atoms with van der Waals surface area (Å²) in [5.74, 6) is 0.712. The third-order valence-electron chi connectivity index (χ3n) is 2.78. The van der Waals surface area contributed by atoms with Crippen LogP contribution in [0.2, 0.25) is 0 Å². The number of aromatic nitrogens is 2. The smallest absolute Gasteiger partial charge is 0.141 e. The average molecular weight is 324 g/mol. The fraction of sp³-hybridized carbons (Fsp3) is 0.286. The van der Waals surface area contributed by atoms with Gasteiger partial charge in [0.25, 0.3) is 0 Å². The summed E-state index contributed by atoms with van der Waals surface area (Å²) < 4.78 is 14.3. The van der Waals surface area contributed by atoms with Crippen molar-refractivity contribution in [2.24, 2.45) is 0 Å². The first-order chi connectivity index (χ1) is 9.11. The monoisotopic (exact) mass is 323 g/mol. The zero-order chi connectivity index (χ0) is 13.8. The third-order valence-corrected chi connectivity index (χ3v) is 3.65. The third kappa shape index (κ3) is 3.29. The van der Waals surface area contributed by atoms with Crippen LogP contribution in [0.1, 0.15) is 30.4 Å². The molecule has 0 spiro atoms. The van der Waals surface area contributed by atoms with Gasteiger partial charge in [-0.05, 0) is 34.0 Å². The maximum Gasteiger partial charge on any atom is 0.141 e. The summed E-state index contributed by atoms with van der Waals surface area (Å²) in [6.07, 6.45) is 2.13.